The Morgan fingerprint density at radius 2 is 1.90 bits per heavy atom. The van der Waals surface area contributed by atoms with Gasteiger partial charge in [0.1, 0.15) is 11.9 Å². The van der Waals surface area contributed by atoms with Gasteiger partial charge in [-0.3, -0.25) is 4.79 Å². The SMILES string of the molecule is C[C@@H](C(=O)Nc1ccc(F)cc1)N1CCc2ccccc21. The summed E-state index contributed by atoms with van der Waals surface area (Å²) in [7, 11) is 0. The number of carbonyl (C=O) groups is 1. The Morgan fingerprint density at radius 1 is 1.19 bits per heavy atom. The van der Waals surface area contributed by atoms with Crippen LogP contribution in [0.5, 0.6) is 0 Å². The number of para-hydroxylation sites is 1. The summed E-state index contributed by atoms with van der Waals surface area (Å²) in [5.74, 6) is -0.396. The molecule has 0 bridgehead atoms. The minimum atomic E-state index is -0.311. The highest BCUT2D eigenvalue weighted by atomic mass is 19.1. The molecular weight excluding hydrogens is 267 g/mol. The van der Waals surface area contributed by atoms with Gasteiger partial charge in [0.05, 0.1) is 0 Å². The number of benzene rings is 2. The quantitative estimate of drug-likeness (QED) is 0.938. The molecule has 3 nitrogen and oxygen atoms in total. The maximum atomic E-state index is 12.9. The maximum absolute atomic E-state index is 12.9. The lowest BCUT2D eigenvalue weighted by molar-refractivity contribution is -0.117. The van der Waals surface area contributed by atoms with E-state index in [1.54, 1.807) is 12.1 Å². The van der Waals surface area contributed by atoms with Gasteiger partial charge < -0.3 is 10.2 Å². The zero-order valence-corrected chi connectivity index (χ0v) is 11.8. The molecule has 4 heteroatoms. The van der Waals surface area contributed by atoms with Crippen LogP contribution < -0.4 is 10.2 Å². The van der Waals surface area contributed by atoms with Crippen LogP contribution in [0.3, 0.4) is 0 Å². The van der Waals surface area contributed by atoms with Crippen LogP contribution in [0.1, 0.15) is 12.5 Å². The van der Waals surface area contributed by atoms with Crippen LogP contribution in [0.15, 0.2) is 48.5 Å². The predicted octanol–water partition coefficient (Wildman–Crippen LogP) is 3.22. The number of anilines is 2. The molecule has 21 heavy (non-hydrogen) atoms. The van der Waals surface area contributed by atoms with Gasteiger partial charge in [-0.2, -0.15) is 0 Å². The first-order chi connectivity index (χ1) is 10.1. The van der Waals surface area contributed by atoms with E-state index in [2.05, 4.69) is 16.3 Å². The largest absolute Gasteiger partial charge is 0.359 e. The molecule has 3 rings (SSSR count). The Hall–Kier alpha value is -2.36. The zero-order chi connectivity index (χ0) is 14.8. The molecule has 1 atom stereocenters. The van der Waals surface area contributed by atoms with Crippen LogP contribution in [-0.4, -0.2) is 18.5 Å². The third kappa shape index (κ3) is 2.75. The Labute approximate surface area is 123 Å². The first-order valence-electron chi connectivity index (χ1n) is 7.06. The number of carbonyl (C=O) groups excluding carboxylic acids is 1. The number of halogens is 1. The molecule has 0 unspecified atom stereocenters. The number of fused-ring (bicyclic) bond motifs is 1. The molecule has 0 saturated heterocycles. The number of nitrogens with zero attached hydrogens (tertiary/aromatic N) is 1. The molecule has 1 aliphatic heterocycles. The summed E-state index contributed by atoms with van der Waals surface area (Å²) in [6.45, 7) is 2.73. The number of hydrogen-bond acceptors (Lipinski definition) is 2. The molecule has 0 radical (unpaired) electrons. The van der Waals surface area contributed by atoms with Crippen molar-refractivity contribution >= 4 is 17.3 Å². The second kappa shape index (κ2) is 5.56. The highest BCUT2D eigenvalue weighted by molar-refractivity contribution is 5.97. The smallest absolute Gasteiger partial charge is 0.246 e. The summed E-state index contributed by atoms with van der Waals surface area (Å²) in [5.41, 5.74) is 3.01. The van der Waals surface area contributed by atoms with E-state index in [1.165, 1.54) is 17.7 Å². The van der Waals surface area contributed by atoms with Crippen LogP contribution >= 0.6 is 0 Å². The van der Waals surface area contributed by atoms with Crippen molar-refractivity contribution < 1.29 is 9.18 Å². The van der Waals surface area contributed by atoms with Gasteiger partial charge in [0, 0.05) is 17.9 Å². The summed E-state index contributed by atoms with van der Waals surface area (Å²) in [5, 5.41) is 2.83. The summed E-state index contributed by atoms with van der Waals surface area (Å²) in [4.78, 5) is 14.5. The second-order valence-corrected chi connectivity index (χ2v) is 5.24. The van der Waals surface area contributed by atoms with E-state index in [1.807, 2.05) is 25.1 Å². The normalized spacial score (nSPS) is 14.7. The summed E-state index contributed by atoms with van der Waals surface area (Å²) in [6.07, 6.45) is 0.963. The molecule has 0 saturated carbocycles. The van der Waals surface area contributed by atoms with Gasteiger partial charge in [-0.15, -0.1) is 0 Å². The van der Waals surface area contributed by atoms with Gasteiger partial charge in [-0.05, 0) is 49.2 Å². The van der Waals surface area contributed by atoms with Crippen LogP contribution in [0.4, 0.5) is 15.8 Å². The number of hydrogen-bond donors (Lipinski definition) is 1. The van der Waals surface area contributed by atoms with Crippen molar-refractivity contribution in [1.29, 1.82) is 0 Å². The summed E-state index contributed by atoms with van der Waals surface area (Å²) < 4.78 is 12.9. The van der Waals surface area contributed by atoms with Crippen molar-refractivity contribution in [2.75, 3.05) is 16.8 Å². The lowest BCUT2D eigenvalue weighted by atomic mass is 10.1. The van der Waals surface area contributed by atoms with Gasteiger partial charge in [-0.25, -0.2) is 4.39 Å². The fourth-order valence-electron chi connectivity index (χ4n) is 2.69. The predicted molar refractivity (Wildman–Crippen MR) is 82.0 cm³/mol. The van der Waals surface area contributed by atoms with Crippen LogP contribution in [0.2, 0.25) is 0 Å². The minimum Gasteiger partial charge on any atom is -0.359 e. The van der Waals surface area contributed by atoms with Gasteiger partial charge in [-0.1, -0.05) is 18.2 Å². The minimum absolute atomic E-state index is 0.0849. The van der Waals surface area contributed by atoms with E-state index in [0.717, 1.165) is 18.7 Å². The Bertz CT molecular complexity index is 654. The zero-order valence-electron chi connectivity index (χ0n) is 11.8. The van der Waals surface area contributed by atoms with Gasteiger partial charge in [0.2, 0.25) is 5.91 Å². The van der Waals surface area contributed by atoms with Crippen LogP contribution in [0, 0.1) is 5.82 Å². The fraction of sp³-hybridized carbons (Fsp3) is 0.235. The molecule has 1 N–H and O–H groups in total. The van der Waals surface area contributed by atoms with Crippen molar-refractivity contribution in [2.45, 2.75) is 19.4 Å². The van der Waals surface area contributed by atoms with Crippen molar-refractivity contribution in [3.63, 3.8) is 0 Å². The standard InChI is InChI=1S/C17H17FN2O/c1-12(17(21)19-15-8-6-14(18)7-9-15)20-11-10-13-4-2-3-5-16(13)20/h2-9,12H,10-11H2,1H3,(H,19,21)/t12-/m0/s1. The fourth-order valence-corrected chi connectivity index (χ4v) is 2.69. The highest BCUT2D eigenvalue weighted by Gasteiger charge is 2.27. The molecule has 1 heterocycles. The summed E-state index contributed by atoms with van der Waals surface area (Å²) in [6, 6.07) is 13.7. The molecule has 0 spiro atoms. The number of nitrogens with one attached hydrogen (secondary N) is 1. The monoisotopic (exact) mass is 284 g/mol. The molecule has 0 aromatic heterocycles. The molecular formula is C17H17FN2O. The molecule has 1 aliphatic rings. The molecule has 0 aliphatic carbocycles. The van der Waals surface area contributed by atoms with Crippen LogP contribution in [-0.2, 0) is 11.2 Å². The molecule has 2 aromatic rings. The van der Waals surface area contributed by atoms with E-state index >= 15 is 0 Å². The Kier molecular flexibility index (Phi) is 3.60. The molecule has 0 fully saturated rings. The van der Waals surface area contributed by atoms with Gasteiger partial charge in [0.25, 0.3) is 0 Å². The first kappa shape index (κ1) is 13.6. The number of rotatable bonds is 3. The third-order valence-electron chi connectivity index (χ3n) is 3.88. The van der Waals surface area contributed by atoms with Gasteiger partial charge >= 0.3 is 0 Å². The van der Waals surface area contributed by atoms with Gasteiger partial charge in [0.15, 0.2) is 0 Å². The maximum Gasteiger partial charge on any atom is 0.246 e. The highest BCUT2D eigenvalue weighted by Crippen LogP contribution is 2.29. The van der Waals surface area contributed by atoms with E-state index in [4.69, 9.17) is 0 Å². The molecule has 108 valence electrons. The number of amides is 1. The average molecular weight is 284 g/mol. The van der Waals surface area contributed by atoms with Crippen LogP contribution in [0.25, 0.3) is 0 Å². The summed E-state index contributed by atoms with van der Waals surface area (Å²) >= 11 is 0. The second-order valence-electron chi connectivity index (χ2n) is 5.24. The Morgan fingerprint density at radius 3 is 2.67 bits per heavy atom. The van der Waals surface area contributed by atoms with Crippen molar-refractivity contribution in [2.24, 2.45) is 0 Å². The van der Waals surface area contributed by atoms with E-state index < -0.39 is 0 Å². The van der Waals surface area contributed by atoms with Crippen molar-refractivity contribution in [3.8, 4) is 0 Å². The van der Waals surface area contributed by atoms with Crippen molar-refractivity contribution in [3.05, 3.63) is 59.9 Å². The van der Waals surface area contributed by atoms with E-state index in [0.29, 0.717) is 5.69 Å². The average Bonchev–Trinajstić information content (AvgIpc) is 2.92. The third-order valence-corrected chi connectivity index (χ3v) is 3.88. The lowest BCUT2D eigenvalue weighted by Gasteiger charge is -2.26. The first-order valence-corrected chi connectivity index (χ1v) is 7.06. The van der Waals surface area contributed by atoms with E-state index in [-0.39, 0.29) is 17.8 Å². The Balaban J connectivity index is 1.72. The van der Waals surface area contributed by atoms with Crippen molar-refractivity contribution in [1.82, 2.24) is 0 Å². The molecule has 2 aromatic carbocycles. The molecule has 1 amide bonds. The lowest BCUT2D eigenvalue weighted by Crippen LogP contribution is -2.41. The topological polar surface area (TPSA) is 32.3 Å². The van der Waals surface area contributed by atoms with E-state index in [9.17, 15) is 9.18 Å².